The van der Waals surface area contributed by atoms with E-state index in [4.69, 9.17) is 16.2 Å². The number of amides is 1. The first-order valence-electron chi connectivity index (χ1n) is 10.2. The Bertz CT molecular complexity index is 333. The molecule has 0 aromatic heterocycles. The fourth-order valence-corrected chi connectivity index (χ4v) is 2.26. The minimum atomic E-state index is 0.0608. The van der Waals surface area contributed by atoms with Gasteiger partial charge in [0.05, 0.1) is 12.7 Å². The molecular formula is C18H43N7O2. The Labute approximate surface area is 165 Å². The fraction of sp³-hybridized carbons (Fsp3) is 0.944. The number of nitrogens with two attached hydrogens (primary N) is 2. The second kappa shape index (κ2) is 19.9. The van der Waals surface area contributed by atoms with E-state index in [-0.39, 0.29) is 18.1 Å². The van der Waals surface area contributed by atoms with Crippen LogP contribution in [0.1, 0.15) is 26.7 Å². The Morgan fingerprint density at radius 2 is 1.48 bits per heavy atom. The number of hydrogen-bond acceptors (Lipinski definition) is 8. The van der Waals surface area contributed by atoms with Crippen molar-refractivity contribution in [2.45, 2.75) is 38.8 Å². The molecule has 0 aliphatic carbocycles. The summed E-state index contributed by atoms with van der Waals surface area (Å²) < 4.78 is 5.57. The fourth-order valence-electron chi connectivity index (χ4n) is 2.26. The van der Waals surface area contributed by atoms with Crippen molar-refractivity contribution in [3.05, 3.63) is 0 Å². The summed E-state index contributed by atoms with van der Waals surface area (Å²) in [5.74, 6) is 0.101. The van der Waals surface area contributed by atoms with Gasteiger partial charge in [-0.2, -0.15) is 0 Å². The molecule has 2 atom stereocenters. The van der Waals surface area contributed by atoms with E-state index in [1.54, 1.807) is 0 Å². The third kappa shape index (κ3) is 21.3. The standard InChI is InChI=1S/C18H43N7O2/c1-16(20)15-27-17(2)14-24-6-3-4-18(26)25-13-12-23-11-10-22-9-8-21-7-5-19/h16-17,21-24H,3-15,19-20H2,1-2H3,(H,25,26). The zero-order valence-electron chi connectivity index (χ0n) is 17.3. The van der Waals surface area contributed by atoms with Crippen LogP contribution in [0.15, 0.2) is 0 Å². The van der Waals surface area contributed by atoms with Crippen LogP contribution in [0.4, 0.5) is 0 Å². The highest BCUT2D eigenvalue weighted by Crippen LogP contribution is 1.92. The van der Waals surface area contributed by atoms with Crippen molar-refractivity contribution in [1.82, 2.24) is 26.6 Å². The topological polar surface area (TPSA) is 138 Å². The van der Waals surface area contributed by atoms with Crippen LogP contribution >= 0.6 is 0 Å². The average Bonchev–Trinajstić information content (AvgIpc) is 2.64. The van der Waals surface area contributed by atoms with Crippen molar-refractivity contribution in [2.24, 2.45) is 11.5 Å². The third-order valence-corrected chi connectivity index (χ3v) is 3.73. The molecule has 0 bridgehead atoms. The first kappa shape index (κ1) is 26.2. The maximum Gasteiger partial charge on any atom is 0.220 e. The Morgan fingerprint density at radius 3 is 2.07 bits per heavy atom. The second-order valence-corrected chi connectivity index (χ2v) is 6.82. The number of carbonyl (C=O) groups is 1. The van der Waals surface area contributed by atoms with Crippen LogP contribution in [0.25, 0.3) is 0 Å². The van der Waals surface area contributed by atoms with Gasteiger partial charge in [-0.25, -0.2) is 0 Å². The molecule has 0 radical (unpaired) electrons. The van der Waals surface area contributed by atoms with Crippen LogP contribution < -0.4 is 38.1 Å². The van der Waals surface area contributed by atoms with Gasteiger partial charge in [0.15, 0.2) is 0 Å². The number of carbonyl (C=O) groups excluding carboxylic acids is 1. The minimum absolute atomic E-state index is 0.0608. The monoisotopic (exact) mass is 389 g/mol. The molecule has 0 saturated heterocycles. The largest absolute Gasteiger partial charge is 0.376 e. The van der Waals surface area contributed by atoms with Crippen molar-refractivity contribution < 1.29 is 9.53 Å². The van der Waals surface area contributed by atoms with E-state index in [2.05, 4.69) is 26.6 Å². The van der Waals surface area contributed by atoms with Crippen molar-refractivity contribution in [3.8, 4) is 0 Å². The van der Waals surface area contributed by atoms with Gasteiger partial charge < -0.3 is 42.8 Å². The molecule has 2 unspecified atom stereocenters. The normalized spacial score (nSPS) is 13.5. The van der Waals surface area contributed by atoms with Crippen LogP contribution in [0.5, 0.6) is 0 Å². The molecule has 0 aromatic rings. The molecule has 0 fully saturated rings. The molecule has 0 heterocycles. The highest BCUT2D eigenvalue weighted by molar-refractivity contribution is 5.75. The summed E-state index contributed by atoms with van der Waals surface area (Å²) in [6, 6.07) is 0.0608. The summed E-state index contributed by atoms with van der Waals surface area (Å²) in [4.78, 5) is 11.7. The molecule has 162 valence electrons. The molecular weight excluding hydrogens is 346 g/mol. The number of rotatable bonds is 20. The maximum atomic E-state index is 11.7. The molecule has 9 N–H and O–H groups in total. The van der Waals surface area contributed by atoms with Gasteiger partial charge in [0.1, 0.15) is 0 Å². The van der Waals surface area contributed by atoms with Crippen LogP contribution in [0, 0.1) is 0 Å². The summed E-state index contributed by atoms with van der Waals surface area (Å²) in [6.45, 7) is 12.7. The molecule has 0 aromatic carbocycles. The van der Waals surface area contributed by atoms with Crippen LogP contribution in [0.3, 0.4) is 0 Å². The minimum Gasteiger partial charge on any atom is -0.376 e. The Morgan fingerprint density at radius 1 is 0.889 bits per heavy atom. The summed E-state index contributed by atoms with van der Waals surface area (Å²) in [5, 5.41) is 16.1. The number of ether oxygens (including phenoxy) is 1. The first-order valence-corrected chi connectivity index (χ1v) is 10.2. The van der Waals surface area contributed by atoms with E-state index in [0.717, 1.165) is 58.8 Å². The Balaban J connectivity index is 3.26. The lowest BCUT2D eigenvalue weighted by Gasteiger charge is -2.15. The molecule has 27 heavy (non-hydrogen) atoms. The van der Waals surface area contributed by atoms with Gasteiger partial charge in [0.25, 0.3) is 0 Å². The van der Waals surface area contributed by atoms with Gasteiger partial charge in [-0.15, -0.1) is 0 Å². The quantitative estimate of drug-likeness (QED) is 0.118. The van der Waals surface area contributed by atoms with Crippen LogP contribution in [-0.4, -0.2) is 90.1 Å². The molecule has 0 saturated carbocycles. The molecule has 0 aliphatic heterocycles. The van der Waals surface area contributed by atoms with Crippen molar-refractivity contribution in [1.29, 1.82) is 0 Å². The van der Waals surface area contributed by atoms with Crippen LogP contribution in [0.2, 0.25) is 0 Å². The zero-order chi connectivity index (χ0) is 20.2. The summed E-state index contributed by atoms with van der Waals surface area (Å²) in [7, 11) is 0. The SMILES string of the molecule is CC(N)COC(C)CNCCCC(=O)NCCNCCNCCNCCN. The summed E-state index contributed by atoms with van der Waals surface area (Å²) in [5.41, 5.74) is 11.0. The van der Waals surface area contributed by atoms with E-state index < -0.39 is 0 Å². The zero-order valence-corrected chi connectivity index (χ0v) is 17.3. The Hall–Kier alpha value is -0.810. The predicted molar refractivity (Wildman–Crippen MR) is 112 cm³/mol. The van der Waals surface area contributed by atoms with E-state index in [9.17, 15) is 4.79 Å². The van der Waals surface area contributed by atoms with E-state index in [0.29, 0.717) is 26.1 Å². The molecule has 9 heteroatoms. The van der Waals surface area contributed by atoms with Crippen molar-refractivity contribution in [3.63, 3.8) is 0 Å². The summed E-state index contributed by atoms with van der Waals surface area (Å²) >= 11 is 0. The van der Waals surface area contributed by atoms with Gasteiger partial charge in [-0.05, 0) is 26.8 Å². The maximum absolute atomic E-state index is 11.7. The molecule has 0 spiro atoms. The lowest BCUT2D eigenvalue weighted by molar-refractivity contribution is -0.121. The molecule has 0 aliphatic rings. The van der Waals surface area contributed by atoms with Gasteiger partial charge >= 0.3 is 0 Å². The highest BCUT2D eigenvalue weighted by atomic mass is 16.5. The molecule has 9 nitrogen and oxygen atoms in total. The van der Waals surface area contributed by atoms with E-state index >= 15 is 0 Å². The van der Waals surface area contributed by atoms with Gasteiger partial charge in [0.2, 0.25) is 5.91 Å². The van der Waals surface area contributed by atoms with Gasteiger partial charge in [-0.3, -0.25) is 4.79 Å². The first-order chi connectivity index (χ1) is 13.1. The summed E-state index contributed by atoms with van der Waals surface area (Å²) in [6.07, 6.45) is 1.49. The number of nitrogens with one attached hydrogen (secondary N) is 5. The van der Waals surface area contributed by atoms with Gasteiger partial charge in [-0.1, -0.05) is 0 Å². The molecule has 1 amide bonds. The second-order valence-electron chi connectivity index (χ2n) is 6.82. The average molecular weight is 390 g/mol. The van der Waals surface area contributed by atoms with Crippen molar-refractivity contribution in [2.75, 3.05) is 72.1 Å². The molecule has 0 rings (SSSR count). The Kier molecular flexibility index (Phi) is 19.3. The van der Waals surface area contributed by atoms with Crippen molar-refractivity contribution >= 4 is 5.91 Å². The lowest BCUT2D eigenvalue weighted by atomic mass is 10.3. The van der Waals surface area contributed by atoms with Gasteiger partial charge in [0, 0.05) is 71.4 Å². The highest BCUT2D eigenvalue weighted by Gasteiger charge is 2.04. The number of hydrogen-bond donors (Lipinski definition) is 7. The predicted octanol–water partition coefficient (Wildman–Crippen LogP) is -2.05. The van der Waals surface area contributed by atoms with E-state index in [1.165, 1.54) is 0 Å². The van der Waals surface area contributed by atoms with Crippen LogP contribution in [-0.2, 0) is 9.53 Å². The lowest BCUT2D eigenvalue weighted by Crippen LogP contribution is -2.37. The smallest absolute Gasteiger partial charge is 0.220 e. The third-order valence-electron chi connectivity index (χ3n) is 3.73. The van der Waals surface area contributed by atoms with E-state index in [1.807, 2.05) is 13.8 Å².